The van der Waals surface area contributed by atoms with Gasteiger partial charge in [0.05, 0.1) is 0 Å². The third-order valence-electron chi connectivity index (χ3n) is 2.04. The maximum Gasteiger partial charge on any atom is -0.0216 e. The SMILES string of the molecule is Cc1c(P)cccc1C(C)C. The van der Waals surface area contributed by atoms with Crippen LogP contribution in [0.4, 0.5) is 0 Å². The summed E-state index contributed by atoms with van der Waals surface area (Å²) in [5.74, 6) is 0.635. The Morgan fingerprint density at radius 3 is 2.36 bits per heavy atom. The lowest BCUT2D eigenvalue weighted by Crippen LogP contribution is -2.02. The first-order chi connectivity index (χ1) is 5.13. The van der Waals surface area contributed by atoms with Crippen molar-refractivity contribution in [3.05, 3.63) is 29.3 Å². The van der Waals surface area contributed by atoms with E-state index in [0.717, 1.165) is 0 Å². The molecule has 11 heavy (non-hydrogen) atoms. The number of hydrogen-bond donors (Lipinski definition) is 0. The third-order valence-corrected chi connectivity index (χ3v) is 2.67. The highest BCUT2D eigenvalue weighted by Crippen LogP contribution is 2.17. The standard InChI is InChI=1S/C10H15P/c1-7(2)9-5-4-6-10(11)8(9)3/h4-7H,11H2,1-3H3. The Hall–Kier alpha value is -0.350. The Kier molecular flexibility index (Phi) is 2.67. The number of hydrogen-bond acceptors (Lipinski definition) is 0. The summed E-state index contributed by atoms with van der Waals surface area (Å²) in [6.45, 7) is 6.64. The van der Waals surface area contributed by atoms with Crippen LogP contribution in [0.25, 0.3) is 0 Å². The molecule has 0 aliphatic heterocycles. The zero-order valence-corrected chi connectivity index (χ0v) is 8.54. The largest absolute Gasteiger partial charge is 0.105 e. The third kappa shape index (κ3) is 1.81. The van der Waals surface area contributed by atoms with Crippen molar-refractivity contribution in [1.29, 1.82) is 0 Å². The lowest BCUT2D eigenvalue weighted by Gasteiger charge is -2.10. The van der Waals surface area contributed by atoms with Crippen LogP contribution in [-0.4, -0.2) is 0 Å². The van der Waals surface area contributed by atoms with Crippen molar-refractivity contribution in [2.24, 2.45) is 0 Å². The van der Waals surface area contributed by atoms with E-state index in [-0.39, 0.29) is 0 Å². The molecule has 0 aliphatic carbocycles. The average Bonchev–Trinajstić information content (AvgIpc) is 1.94. The fraction of sp³-hybridized carbons (Fsp3) is 0.400. The molecule has 1 rings (SSSR count). The summed E-state index contributed by atoms with van der Waals surface area (Å²) in [6, 6.07) is 6.45. The molecule has 0 radical (unpaired) electrons. The lowest BCUT2D eigenvalue weighted by atomic mass is 9.98. The summed E-state index contributed by atoms with van der Waals surface area (Å²) in [4.78, 5) is 0. The summed E-state index contributed by atoms with van der Waals surface area (Å²) in [5.41, 5.74) is 2.87. The van der Waals surface area contributed by atoms with Gasteiger partial charge in [-0.25, -0.2) is 0 Å². The fourth-order valence-electron chi connectivity index (χ4n) is 1.30. The Balaban J connectivity index is 3.17. The summed E-state index contributed by atoms with van der Waals surface area (Å²) < 4.78 is 0. The average molecular weight is 166 g/mol. The van der Waals surface area contributed by atoms with Crippen LogP contribution >= 0.6 is 9.24 Å². The normalized spacial score (nSPS) is 10.6. The van der Waals surface area contributed by atoms with E-state index in [4.69, 9.17) is 0 Å². The molecule has 1 aromatic carbocycles. The molecule has 0 saturated carbocycles. The zero-order chi connectivity index (χ0) is 8.43. The topological polar surface area (TPSA) is 0 Å². The van der Waals surface area contributed by atoms with Gasteiger partial charge < -0.3 is 0 Å². The van der Waals surface area contributed by atoms with E-state index in [0.29, 0.717) is 5.92 Å². The van der Waals surface area contributed by atoms with Gasteiger partial charge in [-0.3, -0.25) is 0 Å². The molecule has 0 nitrogen and oxygen atoms in total. The van der Waals surface area contributed by atoms with E-state index >= 15 is 0 Å². The first-order valence-corrected chi connectivity index (χ1v) is 4.55. The van der Waals surface area contributed by atoms with E-state index in [2.05, 4.69) is 48.2 Å². The van der Waals surface area contributed by atoms with Gasteiger partial charge >= 0.3 is 0 Å². The molecule has 0 bridgehead atoms. The van der Waals surface area contributed by atoms with Crippen molar-refractivity contribution in [3.8, 4) is 0 Å². The van der Waals surface area contributed by atoms with Gasteiger partial charge in [0.25, 0.3) is 0 Å². The van der Waals surface area contributed by atoms with Crippen molar-refractivity contribution in [2.75, 3.05) is 0 Å². The van der Waals surface area contributed by atoms with E-state index < -0.39 is 0 Å². The van der Waals surface area contributed by atoms with Crippen LogP contribution in [0, 0.1) is 6.92 Å². The van der Waals surface area contributed by atoms with Gasteiger partial charge in [0, 0.05) is 0 Å². The molecule has 1 unspecified atom stereocenters. The van der Waals surface area contributed by atoms with Gasteiger partial charge in [-0.05, 0) is 29.3 Å². The summed E-state index contributed by atoms with van der Waals surface area (Å²) in [7, 11) is 2.77. The second-order valence-electron chi connectivity index (χ2n) is 3.22. The minimum atomic E-state index is 0.635. The molecule has 0 N–H and O–H groups in total. The van der Waals surface area contributed by atoms with Crippen LogP contribution in [0.1, 0.15) is 30.9 Å². The van der Waals surface area contributed by atoms with Crippen LogP contribution in [0.5, 0.6) is 0 Å². The molecule has 0 spiro atoms. The Bertz CT molecular complexity index is 251. The van der Waals surface area contributed by atoms with Crippen molar-refractivity contribution >= 4 is 14.5 Å². The summed E-state index contributed by atoms with van der Waals surface area (Å²) >= 11 is 0. The molecule has 0 aromatic heterocycles. The highest BCUT2D eigenvalue weighted by molar-refractivity contribution is 7.27. The monoisotopic (exact) mass is 166 g/mol. The molecule has 0 aliphatic rings. The van der Waals surface area contributed by atoms with Gasteiger partial charge in [0.15, 0.2) is 0 Å². The summed E-state index contributed by atoms with van der Waals surface area (Å²) in [6.07, 6.45) is 0. The van der Waals surface area contributed by atoms with E-state index in [1.807, 2.05) is 0 Å². The minimum Gasteiger partial charge on any atom is -0.105 e. The first kappa shape index (κ1) is 8.74. The van der Waals surface area contributed by atoms with Crippen LogP contribution in [-0.2, 0) is 0 Å². The molecular formula is C10H15P. The lowest BCUT2D eigenvalue weighted by molar-refractivity contribution is 0.858. The molecule has 0 heterocycles. The quantitative estimate of drug-likeness (QED) is 0.562. The van der Waals surface area contributed by atoms with Crippen molar-refractivity contribution in [3.63, 3.8) is 0 Å². The van der Waals surface area contributed by atoms with E-state index in [1.54, 1.807) is 0 Å². The molecule has 1 aromatic rings. The van der Waals surface area contributed by atoms with Gasteiger partial charge in [-0.2, -0.15) is 0 Å². The highest BCUT2D eigenvalue weighted by atomic mass is 31.0. The van der Waals surface area contributed by atoms with E-state index in [1.165, 1.54) is 16.4 Å². The van der Waals surface area contributed by atoms with Crippen LogP contribution in [0.15, 0.2) is 18.2 Å². The molecule has 0 amide bonds. The van der Waals surface area contributed by atoms with Gasteiger partial charge in [-0.15, -0.1) is 9.24 Å². The Morgan fingerprint density at radius 2 is 1.91 bits per heavy atom. The Labute approximate surface area is 71.2 Å². The van der Waals surface area contributed by atoms with Crippen LogP contribution in [0.2, 0.25) is 0 Å². The van der Waals surface area contributed by atoms with Crippen LogP contribution < -0.4 is 5.30 Å². The molecular weight excluding hydrogens is 151 g/mol. The zero-order valence-electron chi connectivity index (χ0n) is 7.39. The molecule has 1 atom stereocenters. The fourth-order valence-corrected chi connectivity index (χ4v) is 1.58. The highest BCUT2D eigenvalue weighted by Gasteiger charge is 2.03. The second kappa shape index (κ2) is 3.36. The smallest absolute Gasteiger partial charge is 0.0216 e. The Morgan fingerprint density at radius 1 is 1.27 bits per heavy atom. The minimum absolute atomic E-state index is 0.635. The molecule has 0 fully saturated rings. The number of benzene rings is 1. The molecule has 60 valence electrons. The predicted octanol–water partition coefficient (Wildman–Crippen LogP) is 2.62. The molecule has 0 saturated heterocycles. The van der Waals surface area contributed by atoms with Crippen molar-refractivity contribution in [1.82, 2.24) is 0 Å². The molecule has 1 heteroatoms. The van der Waals surface area contributed by atoms with E-state index in [9.17, 15) is 0 Å². The van der Waals surface area contributed by atoms with Crippen molar-refractivity contribution in [2.45, 2.75) is 26.7 Å². The maximum atomic E-state index is 2.77. The second-order valence-corrected chi connectivity index (χ2v) is 3.84. The summed E-state index contributed by atoms with van der Waals surface area (Å²) in [5, 5.41) is 1.32. The van der Waals surface area contributed by atoms with Gasteiger partial charge in [0.1, 0.15) is 0 Å². The van der Waals surface area contributed by atoms with Gasteiger partial charge in [0.2, 0.25) is 0 Å². The van der Waals surface area contributed by atoms with Crippen molar-refractivity contribution < 1.29 is 0 Å². The first-order valence-electron chi connectivity index (χ1n) is 3.98. The maximum absolute atomic E-state index is 2.77. The predicted molar refractivity (Wildman–Crippen MR) is 54.6 cm³/mol. The van der Waals surface area contributed by atoms with Gasteiger partial charge in [-0.1, -0.05) is 32.0 Å². The van der Waals surface area contributed by atoms with Crippen LogP contribution in [0.3, 0.4) is 0 Å². The number of rotatable bonds is 1.